The highest BCUT2D eigenvalue weighted by atomic mass is 127. The van der Waals surface area contributed by atoms with Crippen LogP contribution in [0.4, 0.5) is 0 Å². The van der Waals surface area contributed by atoms with E-state index >= 15 is 0 Å². The lowest BCUT2D eigenvalue weighted by molar-refractivity contribution is 0.0706. The van der Waals surface area contributed by atoms with Gasteiger partial charge < -0.3 is 9.47 Å². The highest BCUT2D eigenvalue weighted by molar-refractivity contribution is 14.1. The van der Waals surface area contributed by atoms with Crippen molar-refractivity contribution in [2.75, 3.05) is 6.54 Å². The molecule has 2 heterocycles. The van der Waals surface area contributed by atoms with Crippen molar-refractivity contribution in [2.24, 2.45) is 0 Å². The molecule has 0 fully saturated rings. The Kier molecular flexibility index (Phi) is 3.07. The molecule has 1 aromatic heterocycles. The molecule has 92 valence electrons. The number of imidazole rings is 1. The van der Waals surface area contributed by atoms with E-state index < -0.39 is 0 Å². The number of benzene rings is 1. The maximum Gasteiger partial charge on any atom is 0.255 e. The molecule has 3 rings (SSSR count). The van der Waals surface area contributed by atoms with Crippen LogP contribution in [0.2, 0.25) is 0 Å². The monoisotopic (exact) mass is 353 g/mol. The zero-order valence-electron chi connectivity index (χ0n) is 9.71. The van der Waals surface area contributed by atoms with Crippen LogP contribution in [0.1, 0.15) is 16.2 Å². The molecule has 1 aliphatic rings. The second-order valence-corrected chi connectivity index (χ2v) is 5.41. The molecular weight excluding hydrogens is 341 g/mol. The molecule has 0 spiro atoms. The van der Waals surface area contributed by atoms with Gasteiger partial charge in [-0.05, 0) is 34.7 Å². The predicted octanol–water partition coefficient (Wildman–Crippen LogP) is 2.14. The van der Waals surface area contributed by atoms with E-state index in [1.54, 1.807) is 6.20 Å². The maximum atomic E-state index is 12.4. The second-order valence-electron chi connectivity index (χ2n) is 4.24. The Labute approximate surface area is 119 Å². The second kappa shape index (κ2) is 4.72. The molecule has 0 aliphatic carbocycles. The summed E-state index contributed by atoms with van der Waals surface area (Å²) in [5, 5.41) is 0. The van der Waals surface area contributed by atoms with Gasteiger partial charge in [0.15, 0.2) is 0 Å². The van der Waals surface area contributed by atoms with Gasteiger partial charge in [0.2, 0.25) is 0 Å². The smallest absolute Gasteiger partial charge is 0.255 e. The Balaban J connectivity index is 1.85. The molecule has 0 bridgehead atoms. The van der Waals surface area contributed by atoms with Crippen molar-refractivity contribution < 1.29 is 4.79 Å². The number of halogens is 1. The summed E-state index contributed by atoms with van der Waals surface area (Å²) in [7, 11) is 0. The standard InChI is InChI=1S/C13H12IN3O/c14-11-4-2-1-3-10(11)13(18)17-8-7-16-6-5-15-12(16)9-17/h1-6H,7-9H2. The van der Waals surface area contributed by atoms with Crippen LogP contribution < -0.4 is 0 Å². The maximum absolute atomic E-state index is 12.4. The van der Waals surface area contributed by atoms with Crippen LogP contribution in [0.15, 0.2) is 36.7 Å². The van der Waals surface area contributed by atoms with E-state index in [2.05, 4.69) is 32.1 Å². The normalized spacial score (nSPS) is 14.4. The zero-order valence-corrected chi connectivity index (χ0v) is 11.9. The number of nitrogens with zero attached hydrogens (tertiary/aromatic N) is 3. The number of carbonyl (C=O) groups is 1. The van der Waals surface area contributed by atoms with Gasteiger partial charge in [0.1, 0.15) is 5.82 Å². The fourth-order valence-electron chi connectivity index (χ4n) is 2.15. The minimum atomic E-state index is 0.0919. The highest BCUT2D eigenvalue weighted by Crippen LogP contribution is 2.17. The van der Waals surface area contributed by atoms with Gasteiger partial charge in [-0.15, -0.1) is 0 Å². The van der Waals surface area contributed by atoms with E-state index in [0.717, 1.165) is 28.0 Å². The number of aromatic nitrogens is 2. The number of carbonyl (C=O) groups excluding carboxylic acids is 1. The number of hydrogen-bond donors (Lipinski definition) is 0. The average molecular weight is 353 g/mol. The van der Waals surface area contributed by atoms with Crippen LogP contribution in [-0.4, -0.2) is 26.9 Å². The lowest BCUT2D eigenvalue weighted by Crippen LogP contribution is -2.38. The van der Waals surface area contributed by atoms with Crippen molar-refractivity contribution in [2.45, 2.75) is 13.1 Å². The van der Waals surface area contributed by atoms with E-state index in [1.165, 1.54) is 0 Å². The number of hydrogen-bond acceptors (Lipinski definition) is 2. The Morgan fingerprint density at radius 3 is 2.94 bits per heavy atom. The molecule has 1 aromatic carbocycles. The molecule has 5 heteroatoms. The van der Waals surface area contributed by atoms with Gasteiger partial charge in [-0.25, -0.2) is 4.98 Å². The first kappa shape index (κ1) is 11.7. The van der Waals surface area contributed by atoms with Crippen LogP contribution in [0.5, 0.6) is 0 Å². The summed E-state index contributed by atoms with van der Waals surface area (Å²) in [6.45, 7) is 2.16. The summed E-state index contributed by atoms with van der Waals surface area (Å²) in [5.74, 6) is 1.05. The average Bonchev–Trinajstić information content (AvgIpc) is 2.85. The highest BCUT2D eigenvalue weighted by Gasteiger charge is 2.23. The summed E-state index contributed by atoms with van der Waals surface area (Å²) in [6.07, 6.45) is 3.75. The molecule has 0 radical (unpaired) electrons. The zero-order chi connectivity index (χ0) is 12.5. The minimum Gasteiger partial charge on any atom is -0.332 e. The summed E-state index contributed by atoms with van der Waals surface area (Å²) < 4.78 is 3.09. The first-order valence-corrected chi connectivity index (χ1v) is 6.87. The Bertz CT molecular complexity index is 593. The molecule has 0 unspecified atom stereocenters. The summed E-state index contributed by atoms with van der Waals surface area (Å²) in [4.78, 5) is 18.6. The van der Waals surface area contributed by atoms with E-state index in [9.17, 15) is 4.79 Å². The largest absolute Gasteiger partial charge is 0.332 e. The van der Waals surface area contributed by atoms with Crippen molar-refractivity contribution in [3.8, 4) is 0 Å². The number of fused-ring (bicyclic) bond motifs is 1. The fraction of sp³-hybridized carbons (Fsp3) is 0.231. The fourth-order valence-corrected chi connectivity index (χ4v) is 2.77. The number of rotatable bonds is 1. The van der Waals surface area contributed by atoms with Crippen molar-refractivity contribution in [1.82, 2.24) is 14.5 Å². The Morgan fingerprint density at radius 1 is 1.28 bits per heavy atom. The molecule has 2 aromatic rings. The van der Waals surface area contributed by atoms with Gasteiger partial charge in [0.05, 0.1) is 12.1 Å². The quantitative estimate of drug-likeness (QED) is 0.737. The minimum absolute atomic E-state index is 0.0919. The molecule has 4 nitrogen and oxygen atoms in total. The van der Waals surface area contributed by atoms with Crippen molar-refractivity contribution in [1.29, 1.82) is 0 Å². The predicted molar refractivity (Wildman–Crippen MR) is 76.1 cm³/mol. The number of amides is 1. The molecule has 0 saturated heterocycles. The SMILES string of the molecule is O=C(c1ccccc1I)N1CCn2ccnc2C1. The topological polar surface area (TPSA) is 38.1 Å². The van der Waals surface area contributed by atoms with Gasteiger partial charge in [-0.3, -0.25) is 4.79 Å². The van der Waals surface area contributed by atoms with Gasteiger partial charge in [0.25, 0.3) is 5.91 Å². The van der Waals surface area contributed by atoms with Gasteiger partial charge in [-0.1, -0.05) is 12.1 Å². The first-order valence-electron chi connectivity index (χ1n) is 5.79. The summed E-state index contributed by atoms with van der Waals surface area (Å²) >= 11 is 2.20. The molecule has 1 aliphatic heterocycles. The summed E-state index contributed by atoms with van der Waals surface area (Å²) in [5.41, 5.74) is 0.776. The van der Waals surface area contributed by atoms with Gasteiger partial charge >= 0.3 is 0 Å². The molecular formula is C13H12IN3O. The Morgan fingerprint density at radius 2 is 2.11 bits per heavy atom. The first-order chi connectivity index (χ1) is 8.75. The van der Waals surface area contributed by atoms with Crippen molar-refractivity contribution >= 4 is 28.5 Å². The van der Waals surface area contributed by atoms with Crippen LogP contribution in [0.3, 0.4) is 0 Å². The van der Waals surface area contributed by atoms with E-state index in [1.807, 2.05) is 35.4 Å². The third-order valence-electron chi connectivity index (χ3n) is 3.14. The van der Waals surface area contributed by atoms with Crippen molar-refractivity contribution in [3.05, 3.63) is 51.6 Å². The molecule has 0 N–H and O–H groups in total. The van der Waals surface area contributed by atoms with Crippen LogP contribution in [-0.2, 0) is 13.1 Å². The molecule has 18 heavy (non-hydrogen) atoms. The van der Waals surface area contributed by atoms with Crippen LogP contribution in [0.25, 0.3) is 0 Å². The third-order valence-corrected chi connectivity index (χ3v) is 4.08. The molecule has 1 amide bonds. The van der Waals surface area contributed by atoms with Gasteiger partial charge in [0, 0.05) is 29.1 Å². The third kappa shape index (κ3) is 2.03. The lowest BCUT2D eigenvalue weighted by Gasteiger charge is -2.28. The van der Waals surface area contributed by atoms with E-state index in [-0.39, 0.29) is 5.91 Å². The van der Waals surface area contributed by atoms with Crippen LogP contribution in [0, 0.1) is 3.57 Å². The lowest BCUT2D eigenvalue weighted by atomic mass is 10.2. The van der Waals surface area contributed by atoms with Gasteiger partial charge in [-0.2, -0.15) is 0 Å². The Hall–Kier alpha value is -1.37. The molecule has 0 saturated carbocycles. The van der Waals surface area contributed by atoms with E-state index in [0.29, 0.717) is 6.54 Å². The molecule has 0 atom stereocenters. The van der Waals surface area contributed by atoms with Crippen molar-refractivity contribution in [3.63, 3.8) is 0 Å². The van der Waals surface area contributed by atoms with E-state index in [4.69, 9.17) is 0 Å². The van der Waals surface area contributed by atoms with Crippen LogP contribution >= 0.6 is 22.6 Å². The summed E-state index contributed by atoms with van der Waals surface area (Å²) in [6, 6.07) is 7.69.